The average Bonchev–Trinajstić information content (AvgIpc) is 1.60. The summed E-state index contributed by atoms with van der Waals surface area (Å²) in [5.74, 6) is -6.18. The van der Waals surface area contributed by atoms with Crippen molar-refractivity contribution in [3.05, 3.63) is 95.1 Å². The summed E-state index contributed by atoms with van der Waals surface area (Å²) in [7, 11) is 5.27. The molecule has 90 heavy (non-hydrogen) atoms. The van der Waals surface area contributed by atoms with Crippen molar-refractivity contribution in [1.82, 2.24) is 21.3 Å². The van der Waals surface area contributed by atoms with Crippen molar-refractivity contribution in [2.45, 2.75) is 82.0 Å². The highest BCUT2D eigenvalue weighted by Gasteiger charge is 2.29. The first-order valence-electron chi connectivity index (χ1n) is 28.0. The minimum absolute atomic E-state index is 0.0136. The third kappa shape index (κ3) is 23.3. The van der Waals surface area contributed by atoms with E-state index >= 15 is 0 Å². The molecule has 0 unspecified atom stereocenters. The Hall–Kier alpha value is -11.1. The molecule has 0 aliphatic rings. The molecule has 0 saturated carbocycles. The van der Waals surface area contributed by atoms with Crippen LogP contribution in [-0.4, -0.2) is 150 Å². The normalized spacial score (nSPS) is 11.9. The first kappa shape index (κ1) is 71.4. The lowest BCUT2D eigenvalue weighted by Gasteiger charge is -2.22. The SMILES string of the molecule is COc1ccc(NC(=O)[C@@H](CCCN=C(N)N)NC(=O)c2cc(NC(=O)[C@@H](CCCN=C(N)N)NC(=O)c3cc(NC(=O)[C@H](CCCCNC(N)=O)NC(=O)c4cc(NC(=O)[C@H](N)CCCN=C(N)N)ccc4OC)ccc3OC)ccc2OC)cc1C(N)=O. The molecule has 33 heteroatoms. The molecule has 0 radical (unpaired) electrons. The number of ether oxygens (including phenoxy) is 4. The van der Waals surface area contributed by atoms with Crippen LogP contribution < -0.4 is 113 Å². The van der Waals surface area contributed by atoms with Gasteiger partial charge in [-0.05, 0) is 131 Å². The molecule has 4 rings (SSSR count). The number of hydrogen-bond donors (Lipinski definition) is 17. The second kappa shape index (κ2) is 36.1. The first-order valence-corrected chi connectivity index (χ1v) is 28.0. The summed E-state index contributed by atoms with van der Waals surface area (Å²) in [5.41, 5.74) is 49.9. The van der Waals surface area contributed by atoms with E-state index in [1.165, 1.54) is 101 Å². The Morgan fingerprint density at radius 3 is 1.01 bits per heavy atom. The van der Waals surface area contributed by atoms with Gasteiger partial charge in [0.2, 0.25) is 23.6 Å². The van der Waals surface area contributed by atoms with Crippen LogP contribution in [0.4, 0.5) is 27.5 Å². The molecule has 10 amide bonds. The lowest BCUT2D eigenvalue weighted by atomic mass is 10.1. The summed E-state index contributed by atoms with van der Waals surface area (Å²) in [6, 6.07) is 11.2. The van der Waals surface area contributed by atoms with Crippen LogP contribution in [-0.2, 0) is 19.2 Å². The van der Waals surface area contributed by atoms with Gasteiger partial charge in [0.05, 0.1) is 56.7 Å². The second-order valence-corrected chi connectivity index (χ2v) is 19.8. The maximum absolute atomic E-state index is 14.4. The van der Waals surface area contributed by atoms with Gasteiger partial charge >= 0.3 is 6.03 Å². The van der Waals surface area contributed by atoms with Crippen molar-refractivity contribution >= 4 is 93.9 Å². The molecule has 0 heterocycles. The van der Waals surface area contributed by atoms with Crippen molar-refractivity contribution < 1.29 is 62.1 Å². The predicted octanol–water partition coefficient (Wildman–Crippen LogP) is -0.704. The number of hydrogen-bond acceptors (Lipinski definition) is 17. The highest BCUT2D eigenvalue weighted by Crippen LogP contribution is 2.28. The predicted molar refractivity (Wildman–Crippen MR) is 338 cm³/mol. The number of rotatable bonds is 36. The van der Waals surface area contributed by atoms with Gasteiger partial charge in [0.15, 0.2) is 17.9 Å². The summed E-state index contributed by atoms with van der Waals surface area (Å²) in [6.45, 7) is 0.575. The van der Waals surface area contributed by atoms with Gasteiger partial charge in [0, 0.05) is 48.9 Å². The molecule has 0 aliphatic heterocycles. The Labute approximate surface area is 518 Å². The van der Waals surface area contributed by atoms with Crippen LogP contribution >= 0.6 is 0 Å². The van der Waals surface area contributed by atoms with Crippen LogP contribution in [0, 0.1) is 0 Å². The molecule has 4 atom stereocenters. The first-order chi connectivity index (χ1) is 42.9. The Balaban J connectivity index is 1.61. The Kier molecular flexibility index (Phi) is 28.6. The second-order valence-electron chi connectivity index (χ2n) is 19.8. The molecule has 0 fully saturated rings. The van der Waals surface area contributed by atoms with Gasteiger partial charge in [-0.25, -0.2) is 4.79 Å². The highest BCUT2D eigenvalue weighted by atomic mass is 16.5. The molecule has 33 nitrogen and oxygen atoms in total. The van der Waals surface area contributed by atoms with Crippen LogP contribution in [0.15, 0.2) is 87.8 Å². The molecule has 4 aromatic rings. The molecule has 0 aromatic heterocycles. The van der Waals surface area contributed by atoms with E-state index in [1.54, 1.807) is 0 Å². The van der Waals surface area contributed by atoms with E-state index in [0.717, 1.165) is 0 Å². The third-order valence-corrected chi connectivity index (χ3v) is 13.1. The van der Waals surface area contributed by atoms with E-state index in [2.05, 4.69) is 57.5 Å². The number of carbonyl (C=O) groups is 9. The zero-order chi connectivity index (χ0) is 66.5. The minimum Gasteiger partial charge on any atom is -0.496 e. The Morgan fingerprint density at radius 1 is 0.400 bits per heavy atom. The lowest BCUT2D eigenvalue weighted by molar-refractivity contribution is -0.118. The zero-order valence-corrected chi connectivity index (χ0v) is 50.3. The van der Waals surface area contributed by atoms with Crippen LogP contribution in [0.2, 0.25) is 0 Å². The molecule has 26 N–H and O–H groups in total. The summed E-state index contributed by atoms with van der Waals surface area (Å²) in [4.78, 5) is 133. The quantitative estimate of drug-likeness (QED) is 0.0152. The number of guanidine groups is 3. The fourth-order valence-electron chi connectivity index (χ4n) is 8.65. The van der Waals surface area contributed by atoms with Crippen molar-refractivity contribution in [1.29, 1.82) is 0 Å². The van der Waals surface area contributed by atoms with Gasteiger partial charge in [-0.1, -0.05) is 0 Å². The van der Waals surface area contributed by atoms with E-state index < -0.39 is 77.5 Å². The Bertz CT molecular complexity index is 3290. The average molecular weight is 1250 g/mol. The Morgan fingerprint density at radius 2 is 0.700 bits per heavy atom. The van der Waals surface area contributed by atoms with Gasteiger partial charge in [-0.15, -0.1) is 0 Å². The van der Waals surface area contributed by atoms with E-state index in [0.29, 0.717) is 12.8 Å². The summed E-state index contributed by atoms with van der Waals surface area (Å²) >= 11 is 0. The molecule has 0 aliphatic carbocycles. The number of urea groups is 1. The number of carbonyl (C=O) groups excluding carboxylic acids is 9. The third-order valence-electron chi connectivity index (χ3n) is 13.1. The summed E-state index contributed by atoms with van der Waals surface area (Å²) in [6.07, 6.45) is 1.68. The van der Waals surface area contributed by atoms with E-state index in [-0.39, 0.29) is 157 Å². The maximum Gasteiger partial charge on any atom is 0.312 e. The van der Waals surface area contributed by atoms with Crippen molar-refractivity contribution in [3.8, 4) is 23.0 Å². The molecule has 4 aromatic carbocycles. The number of aliphatic imine (C=N–C) groups is 3. The summed E-state index contributed by atoms with van der Waals surface area (Å²) in [5, 5.41) is 21.4. The number of benzene rings is 4. The topological polar surface area (TPSA) is 558 Å². The fourth-order valence-corrected chi connectivity index (χ4v) is 8.65. The molecular weight excluding hydrogens is 1170 g/mol. The van der Waals surface area contributed by atoms with E-state index in [1.807, 2.05) is 0 Å². The van der Waals surface area contributed by atoms with E-state index in [9.17, 15) is 43.2 Å². The lowest BCUT2D eigenvalue weighted by Crippen LogP contribution is -2.44. The number of primary amides is 2. The summed E-state index contributed by atoms with van der Waals surface area (Å²) < 4.78 is 21.7. The number of anilines is 4. The fraction of sp³-hybridized carbons (Fsp3) is 0.368. The van der Waals surface area contributed by atoms with Crippen molar-refractivity contribution in [3.63, 3.8) is 0 Å². The number of unbranched alkanes of at least 4 members (excludes halogenated alkanes) is 1. The zero-order valence-electron chi connectivity index (χ0n) is 50.3. The smallest absolute Gasteiger partial charge is 0.312 e. The largest absolute Gasteiger partial charge is 0.496 e. The van der Waals surface area contributed by atoms with Crippen LogP contribution in [0.5, 0.6) is 23.0 Å². The number of methoxy groups -OCH3 is 4. The molecule has 0 spiro atoms. The van der Waals surface area contributed by atoms with Gasteiger partial charge in [0.25, 0.3) is 23.6 Å². The molecule has 0 saturated heterocycles. The van der Waals surface area contributed by atoms with Crippen LogP contribution in [0.25, 0.3) is 0 Å². The standard InChI is InChI=1S/C57H80N20O13/c1-87-42-18-14-30(26-34(42)46(59)78)72-52(84)40(12-8-24-68-55(62)63)76-48(80)37-29-33(17-21-45(37)90-4)74-53(85)41(13-9-25-69-56(64)65)77-49(81)36-28-32(16-20-44(36)89-3)73-51(83)39(11-5-6-22-70-57(66)86)75-47(79)35-27-31(15-19-43(35)88-2)71-50(82)38(58)10-7-23-67-54(60)61/h14-21,26-29,38-41H,5-13,22-25,58H2,1-4H3,(H2,59,78)(H,71,82)(H,72,84)(H,73,83)(H,74,85)(H,75,79)(H,76,80)(H,77,81)(H4,60,61,67)(H4,62,63,68)(H4,64,65,69)(H3,66,70,86)/t38-,39+,40-,41-/m1/s1. The molecule has 486 valence electrons. The maximum atomic E-state index is 14.4. The molecular formula is C57H80N20O13. The van der Waals surface area contributed by atoms with Gasteiger partial charge in [0.1, 0.15) is 41.1 Å². The van der Waals surface area contributed by atoms with Crippen LogP contribution in [0.1, 0.15) is 99.2 Å². The number of nitrogens with one attached hydrogen (secondary N) is 8. The number of nitrogens with zero attached hydrogens (tertiary/aromatic N) is 3. The van der Waals surface area contributed by atoms with Crippen molar-refractivity contribution in [2.24, 2.45) is 66.6 Å². The van der Waals surface area contributed by atoms with E-state index in [4.69, 9.17) is 70.6 Å². The number of nitrogens with two attached hydrogens (primary N) is 9. The van der Waals surface area contributed by atoms with Gasteiger partial charge in [-0.2, -0.15) is 0 Å². The molecule has 0 bridgehead atoms. The monoisotopic (exact) mass is 1250 g/mol. The van der Waals surface area contributed by atoms with Gasteiger partial charge in [-0.3, -0.25) is 53.3 Å². The van der Waals surface area contributed by atoms with Crippen molar-refractivity contribution in [2.75, 3.05) is 75.9 Å². The van der Waals surface area contributed by atoms with Gasteiger partial charge < -0.3 is 113 Å². The van der Waals surface area contributed by atoms with Crippen LogP contribution in [0.3, 0.4) is 0 Å². The highest BCUT2D eigenvalue weighted by molar-refractivity contribution is 6.08. The number of amides is 10. The minimum atomic E-state index is -1.33.